The molecule has 1 aliphatic heterocycles. The Balaban J connectivity index is 2.14. The number of hydrogen-bond donors (Lipinski definition) is 0. The van der Waals surface area contributed by atoms with Gasteiger partial charge in [0.05, 0.1) is 5.69 Å². The Hall–Kier alpha value is -0.870. The van der Waals surface area contributed by atoms with Gasteiger partial charge in [0.1, 0.15) is 0 Å². The molecule has 19 heavy (non-hydrogen) atoms. The highest BCUT2D eigenvalue weighted by atomic mass is 79.9. The molecule has 0 spiro atoms. The molecule has 0 bridgehead atoms. The minimum atomic E-state index is 0.170. The van der Waals surface area contributed by atoms with Crippen molar-refractivity contribution in [2.24, 2.45) is 0 Å². The van der Waals surface area contributed by atoms with Crippen molar-refractivity contribution in [2.45, 2.75) is 32.2 Å². The molecule has 2 heterocycles. The van der Waals surface area contributed by atoms with Crippen LogP contribution in [-0.4, -0.2) is 12.6 Å². The minimum absolute atomic E-state index is 0.170. The summed E-state index contributed by atoms with van der Waals surface area (Å²) in [5, 5.41) is 2.86. The lowest BCUT2D eigenvalue weighted by Crippen LogP contribution is -2.39. The van der Waals surface area contributed by atoms with Gasteiger partial charge >= 0.3 is 0 Å². The average molecular weight is 338 g/mol. The van der Waals surface area contributed by atoms with E-state index in [9.17, 15) is 4.79 Å². The first-order valence-corrected chi connectivity index (χ1v) is 8.32. The van der Waals surface area contributed by atoms with Gasteiger partial charge in [0.15, 0.2) is 0 Å². The van der Waals surface area contributed by atoms with Crippen molar-refractivity contribution in [1.82, 2.24) is 0 Å². The second-order valence-electron chi connectivity index (χ2n) is 5.13. The van der Waals surface area contributed by atoms with E-state index in [1.807, 2.05) is 23.6 Å². The van der Waals surface area contributed by atoms with Crippen LogP contribution in [0.25, 0.3) is 10.1 Å². The molecule has 1 saturated heterocycles. The number of anilines is 1. The summed E-state index contributed by atoms with van der Waals surface area (Å²) in [7, 11) is 0. The Labute approximate surface area is 125 Å². The highest BCUT2D eigenvalue weighted by Gasteiger charge is 2.21. The third kappa shape index (κ3) is 2.43. The third-order valence-electron chi connectivity index (χ3n) is 3.83. The molecule has 1 aromatic carbocycles. The summed E-state index contributed by atoms with van der Waals surface area (Å²) in [6.07, 6.45) is 3.64. The lowest BCUT2D eigenvalue weighted by molar-refractivity contribution is 0.484. The van der Waals surface area contributed by atoms with Crippen LogP contribution in [0.2, 0.25) is 0 Å². The van der Waals surface area contributed by atoms with E-state index >= 15 is 0 Å². The highest BCUT2D eigenvalue weighted by Crippen LogP contribution is 2.27. The number of halogens is 1. The first-order chi connectivity index (χ1) is 9.16. The zero-order valence-corrected chi connectivity index (χ0v) is 13.3. The molecule has 1 aromatic heterocycles. The molecule has 0 radical (unpaired) electrons. The molecular weight excluding hydrogens is 322 g/mol. The molecule has 0 amide bonds. The predicted octanol–water partition coefficient (Wildman–Crippen LogP) is 4.40. The molecule has 0 N–H and O–H groups in total. The maximum Gasteiger partial charge on any atom is 0.211 e. The monoisotopic (exact) mass is 337 g/mol. The highest BCUT2D eigenvalue weighted by molar-refractivity contribution is 9.10. The number of piperidine rings is 1. The van der Waals surface area contributed by atoms with Gasteiger partial charge in [0, 0.05) is 32.5 Å². The van der Waals surface area contributed by atoms with E-state index in [0.29, 0.717) is 6.04 Å². The van der Waals surface area contributed by atoms with Gasteiger partial charge in [-0.25, -0.2) is 0 Å². The summed E-state index contributed by atoms with van der Waals surface area (Å²) in [6.45, 7) is 3.22. The normalized spacial score (nSPS) is 19.9. The zero-order chi connectivity index (χ0) is 13.4. The number of hydrogen-bond acceptors (Lipinski definition) is 3. The summed E-state index contributed by atoms with van der Waals surface area (Å²) < 4.78 is 2.02. The molecule has 100 valence electrons. The first-order valence-electron chi connectivity index (χ1n) is 6.64. The SMILES string of the molecule is C[C@@H]1CCCCN1c1csc2ccc(Br)cc2c1=O. The molecule has 1 atom stereocenters. The van der Waals surface area contributed by atoms with Gasteiger partial charge in [-0.3, -0.25) is 4.79 Å². The largest absolute Gasteiger partial charge is 0.365 e. The second-order valence-corrected chi connectivity index (χ2v) is 6.96. The zero-order valence-electron chi connectivity index (χ0n) is 10.9. The van der Waals surface area contributed by atoms with E-state index < -0.39 is 0 Å². The molecule has 4 heteroatoms. The van der Waals surface area contributed by atoms with Crippen LogP contribution in [0.4, 0.5) is 5.69 Å². The van der Waals surface area contributed by atoms with Gasteiger partial charge in [0.2, 0.25) is 5.43 Å². The van der Waals surface area contributed by atoms with Crippen molar-refractivity contribution in [3.8, 4) is 0 Å². The molecule has 1 aliphatic rings. The summed E-state index contributed by atoms with van der Waals surface area (Å²) in [5.74, 6) is 0. The minimum Gasteiger partial charge on any atom is -0.365 e. The van der Waals surface area contributed by atoms with Crippen molar-refractivity contribution < 1.29 is 0 Å². The van der Waals surface area contributed by atoms with E-state index in [2.05, 4.69) is 27.8 Å². The van der Waals surface area contributed by atoms with E-state index in [-0.39, 0.29) is 5.43 Å². The predicted molar refractivity (Wildman–Crippen MR) is 86.5 cm³/mol. The van der Waals surface area contributed by atoms with Crippen molar-refractivity contribution in [3.63, 3.8) is 0 Å². The second kappa shape index (κ2) is 5.25. The Kier molecular flexibility index (Phi) is 3.63. The van der Waals surface area contributed by atoms with Gasteiger partial charge in [-0.15, -0.1) is 11.3 Å². The Morgan fingerprint density at radius 2 is 2.21 bits per heavy atom. The third-order valence-corrected chi connectivity index (χ3v) is 5.27. The van der Waals surface area contributed by atoms with Crippen LogP contribution >= 0.6 is 27.3 Å². The van der Waals surface area contributed by atoms with Gasteiger partial charge in [-0.05, 0) is 44.4 Å². The van der Waals surface area contributed by atoms with Crippen molar-refractivity contribution >= 4 is 43.0 Å². The summed E-state index contributed by atoms with van der Waals surface area (Å²) in [4.78, 5) is 15.0. The van der Waals surface area contributed by atoms with E-state index in [0.717, 1.165) is 26.8 Å². The first kappa shape index (κ1) is 13.1. The lowest BCUT2D eigenvalue weighted by atomic mass is 10.0. The molecule has 1 fully saturated rings. The van der Waals surface area contributed by atoms with Gasteiger partial charge in [-0.1, -0.05) is 15.9 Å². The number of fused-ring (bicyclic) bond motifs is 1. The Bertz CT molecular complexity index is 667. The fraction of sp³-hybridized carbons (Fsp3) is 0.400. The average Bonchev–Trinajstić information content (AvgIpc) is 2.41. The molecule has 2 aromatic rings. The molecule has 0 saturated carbocycles. The van der Waals surface area contributed by atoms with Crippen molar-refractivity contribution in [1.29, 1.82) is 0 Å². The fourth-order valence-corrected chi connectivity index (χ4v) is 4.01. The van der Waals surface area contributed by atoms with Gasteiger partial charge in [-0.2, -0.15) is 0 Å². The van der Waals surface area contributed by atoms with Crippen LogP contribution in [0.5, 0.6) is 0 Å². The summed E-state index contributed by atoms with van der Waals surface area (Å²) in [5.41, 5.74) is 1.05. The van der Waals surface area contributed by atoms with Gasteiger partial charge < -0.3 is 4.90 Å². The van der Waals surface area contributed by atoms with E-state index in [1.54, 1.807) is 11.3 Å². The number of benzene rings is 1. The van der Waals surface area contributed by atoms with Crippen LogP contribution in [0.3, 0.4) is 0 Å². The Morgan fingerprint density at radius 1 is 1.37 bits per heavy atom. The summed E-state index contributed by atoms with van der Waals surface area (Å²) in [6, 6.07) is 6.40. The smallest absolute Gasteiger partial charge is 0.211 e. The molecule has 3 rings (SSSR count). The fourth-order valence-electron chi connectivity index (χ4n) is 2.75. The lowest BCUT2D eigenvalue weighted by Gasteiger charge is -2.34. The van der Waals surface area contributed by atoms with Crippen LogP contribution in [-0.2, 0) is 0 Å². The Morgan fingerprint density at radius 3 is 3.00 bits per heavy atom. The van der Waals surface area contributed by atoms with Crippen molar-refractivity contribution in [3.05, 3.63) is 38.3 Å². The molecule has 0 unspecified atom stereocenters. The van der Waals surface area contributed by atoms with E-state index in [1.165, 1.54) is 19.3 Å². The quantitative estimate of drug-likeness (QED) is 0.768. The van der Waals surface area contributed by atoms with Crippen LogP contribution in [0, 0.1) is 0 Å². The number of nitrogens with zero attached hydrogens (tertiary/aromatic N) is 1. The molecule has 0 aliphatic carbocycles. The van der Waals surface area contributed by atoms with Crippen molar-refractivity contribution in [2.75, 3.05) is 11.4 Å². The standard InChI is InChI=1S/C15H16BrNOS/c1-10-4-2-3-7-17(10)13-9-19-14-6-5-11(16)8-12(14)15(13)18/h5-6,8-10H,2-4,7H2,1H3/t10-/m1/s1. The van der Waals surface area contributed by atoms with Crippen LogP contribution in [0.1, 0.15) is 26.2 Å². The summed E-state index contributed by atoms with van der Waals surface area (Å²) >= 11 is 5.11. The van der Waals surface area contributed by atoms with Gasteiger partial charge in [0.25, 0.3) is 0 Å². The molecule has 2 nitrogen and oxygen atoms in total. The maximum atomic E-state index is 12.7. The van der Waals surface area contributed by atoms with E-state index in [4.69, 9.17) is 0 Å². The molecular formula is C15H16BrNOS. The van der Waals surface area contributed by atoms with Crippen LogP contribution < -0.4 is 10.3 Å². The number of rotatable bonds is 1. The van der Waals surface area contributed by atoms with Crippen LogP contribution in [0.15, 0.2) is 32.8 Å². The topological polar surface area (TPSA) is 20.3 Å². The maximum absolute atomic E-state index is 12.7.